The number of rotatable bonds is 5. The number of likely N-dealkylation sites (tertiary alicyclic amines) is 1. The lowest BCUT2D eigenvalue weighted by Crippen LogP contribution is -2.20. The number of hydrogen-bond donors (Lipinski definition) is 1. The van der Waals surface area contributed by atoms with Gasteiger partial charge in [-0.15, -0.1) is 11.8 Å². The third-order valence-electron chi connectivity index (χ3n) is 2.83. The van der Waals surface area contributed by atoms with Gasteiger partial charge in [-0.2, -0.15) is 0 Å². The maximum atomic E-state index is 5.59. The molecule has 0 saturated carbocycles. The Labute approximate surface area is 101 Å². The van der Waals surface area contributed by atoms with E-state index in [1.54, 1.807) is 6.20 Å². The average molecular weight is 237 g/mol. The van der Waals surface area contributed by atoms with Crippen LogP contribution >= 0.6 is 11.8 Å². The molecule has 1 aliphatic heterocycles. The van der Waals surface area contributed by atoms with Crippen molar-refractivity contribution in [1.29, 1.82) is 0 Å². The molecule has 0 amide bonds. The number of thioether (sulfide) groups is 1. The van der Waals surface area contributed by atoms with Crippen LogP contribution in [0.1, 0.15) is 19.3 Å². The van der Waals surface area contributed by atoms with Gasteiger partial charge in [-0.05, 0) is 51.0 Å². The second kappa shape index (κ2) is 6.11. The molecule has 0 spiro atoms. The quantitative estimate of drug-likeness (QED) is 0.630. The fourth-order valence-electron chi connectivity index (χ4n) is 1.95. The van der Waals surface area contributed by atoms with Crippen LogP contribution < -0.4 is 5.73 Å². The predicted octanol–water partition coefficient (Wildman–Crippen LogP) is 2.24. The van der Waals surface area contributed by atoms with E-state index in [2.05, 4.69) is 9.88 Å². The van der Waals surface area contributed by atoms with Crippen LogP contribution in [0.15, 0.2) is 23.4 Å². The summed E-state index contributed by atoms with van der Waals surface area (Å²) in [7, 11) is 0. The number of nitrogens with zero attached hydrogens (tertiary/aromatic N) is 2. The maximum Gasteiger partial charge on any atom is 0.0961 e. The minimum absolute atomic E-state index is 0.737. The molecule has 2 heterocycles. The van der Waals surface area contributed by atoms with E-state index >= 15 is 0 Å². The van der Waals surface area contributed by atoms with E-state index in [1.807, 2.05) is 23.9 Å². The molecule has 0 atom stereocenters. The van der Waals surface area contributed by atoms with Crippen molar-refractivity contribution in [2.24, 2.45) is 0 Å². The highest BCUT2D eigenvalue weighted by molar-refractivity contribution is 7.99. The Kier molecular flexibility index (Phi) is 4.48. The third kappa shape index (κ3) is 3.68. The smallest absolute Gasteiger partial charge is 0.0961 e. The summed E-state index contributed by atoms with van der Waals surface area (Å²) < 4.78 is 0. The first-order chi connectivity index (χ1) is 7.84. The van der Waals surface area contributed by atoms with Gasteiger partial charge in [-0.25, -0.2) is 4.98 Å². The van der Waals surface area contributed by atoms with Gasteiger partial charge in [0.2, 0.25) is 0 Å². The van der Waals surface area contributed by atoms with Crippen LogP contribution in [0.4, 0.5) is 5.69 Å². The number of anilines is 1. The molecule has 2 N–H and O–H groups in total. The third-order valence-corrected chi connectivity index (χ3v) is 3.86. The summed E-state index contributed by atoms with van der Waals surface area (Å²) in [6.07, 6.45) is 5.73. The van der Waals surface area contributed by atoms with Crippen LogP contribution in [0, 0.1) is 0 Å². The molecule has 0 radical (unpaired) electrons. The van der Waals surface area contributed by atoms with Crippen molar-refractivity contribution in [3.05, 3.63) is 18.3 Å². The molecule has 1 fully saturated rings. The summed E-state index contributed by atoms with van der Waals surface area (Å²) in [6.45, 7) is 3.83. The lowest BCUT2D eigenvalue weighted by Gasteiger charge is -2.13. The number of nitrogens with two attached hydrogens (primary N) is 1. The Morgan fingerprint density at radius 2 is 2.12 bits per heavy atom. The maximum absolute atomic E-state index is 5.59. The van der Waals surface area contributed by atoms with Gasteiger partial charge in [0.25, 0.3) is 0 Å². The van der Waals surface area contributed by atoms with Gasteiger partial charge in [0.1, 0.15) is 0 Å². The van der Waals surface area contributed by atoms with Crippen LogP contribution in [-0.2, 0) is 0 Å². The van der Waals surface area contributed by atoms with Crippen LogP contribution in [0.25, 0.3) is 0 Å². The zero-order valence-electron chi connectivity index (χ0n) is 9.56. The van der Waals surface area contributed by atoms with E-state index in [9.17, 15) is 0 Å². The molecule has 2 rings (SSSR count). The van der Waals surface area contributed by atoms with Gasteiger partial charge < -0.3 is 10.6 Å². The Bertz CT molecular complexity index is 307. The van der Waals surface area contributed by atoms with Crippen LogP contribution in [0.5, 0.6) is 0 Å². The second-order valence-electron chi connectivity index (χ2n) is 4.18. The monoisotopic (exact) mass is 237 g/mol. The van der Waals surface area contributed by atoms with Crippen molar-refractivity contribution < 1.29 is 0 Å². The highest BCUT2D eigenvalue weighted by Crippen LogP contribution is 2.17. The summed E-state index contributed by atoms with van der Waals surface area (Å²) in [5.41, 5.74) is 6.32. The number of nitrogen functional groups attached to an aromatic ring is 1. The van der Waals surface area contributed by atoms with Gasteiger partial charge >= 0.3 is 0 Å². The minimum atomic E-state index is 0.737. The SMILES string of the molecule is Nc1ccc(SCCCN2CCCC2)nc1. The van der Waals surface area contributed by atoms with Gasteiger partial charge in [0.05, 0.1) is 16.9 Å². The largest absolute Gasteiger partial charge is 0.397 e. The molecule has 0 aromatic carbocycles. The standard InChI is InChI=1S/C12H19N3S/c13-11-4-5-12(14-10-11)16-9-3-8-15-6-1-2-7-15/h4-5,10H,1-3,6-9,13H2. The zero-order valence-corrected chi connectivity index (χ0v) is 10.4. The average Bonchev–Trinajstić information content (AvgIpc) is 2.80. The molecule has 1 aromatic heterocycles. The molecule has 16 heavy (non-hydrogen) atoms. The minimum Gasteiger partial charge on any atom is -0.397 e. The van der Waals surface area contributed by atoms with Crippen molar-refractivity contribution in [1.82, 2.24) is 9.88 Å². The summed E-state index contributed by atoms with van der Waals surface area (Å²) >= 11 is 1.82. The lowest BCUT2D eigenvalue weighted by molar-refractivity contribution is 0.341. The Balaban J connectivity index is 1.62. The molecule has 4 heteroatoms. The molecular formula is C12H19N3S. The zero-order chi connectivity index (χ0) is 11.2. The van der Waals surface area contributed by atoms with Crippen molar-refractivity contribution in [3.63, 3.8) is 0 Å². The van der Waals surface area contributed by atoms with Crippen molar-refractivity contribution in [3.8, 4) is 0 Å². The van der Waals surface area contributed by atoms with Gasteiger partial charge in [0, 0.05) is 5.75 Å². The Hall–Kier alpha value is -0.740. The van der Waals surface area contributed by atoms with E-state index in [0.29, 0.717) is 0 Å². The summed E-state index contributed by atoms with van der Waals surface area (Å²) in [5.74, 6) is 1.15. The molecule has 0 unspecified atom stereocenters. The Morgan fingerprint density at radius 3 is 2.81 bits per heavy atom. The summed E-state index contributed by atoms with van der Waals surface area (Å²) in [6, 6.07) is 3.91. The molecule has 0 bridgehead atoms. The fraction of sp³-hybridized carbons (Fsp3) is 0.583. The molecule has 1 aromatic rings. The first kappa shape index (κ1) is 11.7. The number of aromatic nitrogens is 1. The molecular weight excluding hydrogens is 218 g/mol. The molecule has 88 valence electrons. The first-order valence-electron chi connectivity index (χ1n) is 5.91. The topological polar surface area (TPSA) is 42.1 Å². The highest BCUT2D eigenvalue weighted by Gasteiger charge is 2.10. The van der Waals surface area contributed by atoms with E-state index in [0.717, 1.165) is 16.5 Å². The van der Waals surface area contributed by atoms with E-state index in [4.69, 9.17) is 5.73 Å². The normalized spacial score (nSPS) is 16.8. The van der Waals surface area contributed by atoms with Gasteiger partial charge in [-0.3, -0.25) is 0 Å². The summed E-state index contributed by atoms with van der Waals surface area (Å²) in [5, 5.41) is 1.08. The molecule has 0 aliphatic carbocycles. The predicted molar refractivity (Wildman–Crippen MR) is 69.7 cm³/mol. The Morgan fingerprint density at radius 1 is 1.31 bits per heavy atom. The van der Waals surface area contributed by atoms with Crippen LogP contribution in [0.2, 0.25) is 0 Å². The first-order valence-corrected chi connectivity index (χ1v) is 6.90. The van der Waals surface area contributed by atoms with Crippen molar-refractivity contribution in [2.75, 3.05) is 31.1 Å². The molecule has 1 aliphatic rings. The molecule has 1 saturated heterocycles. The van der Waals surface area contributed by atoms with Crippen LogP contribution in [-0.4, -0.2) is 35.3 Å². The van der Waals surface area contributed by atoms with Gasteiger partial charge in [-0.1, -0.05) is 0 Å². The lowest BCUT2D eigenvalue weighted by atomic mass is 10.4. The van der Waals surface area contributed by atoms with Crippen molar-refractivity contribution in [2.45, 2.75) is 24.3 Å². The van der Waals surface area contributed by atoms with Crippen LogP contribution in [0.3, 0.4) is 0 Å². The van der Waals surface area contributed by atoms with E-state index in [-0.39, 0.29) is 0 Å². The highest BCUT2D eigenvalue weighted by atomic mass is 32.2. The van der Waals surface area contributed by atoms with Crippen molar-refractivity contribution >= 4 is 17.4 Å². The van der Waals surface area contributed by atoms with E-state index in [1.165, 1.54) is 38.9 Å². The van der Waals surface area contributed by atoms with Gasteiger partial charge in [0.15, 0.2) is 0 Å². The second-order valence-corrected chi connectivity index (χ2v) is 5.30. The fourth-order valence-corrected chi connectivity index (χ4v) is 2.72. The number of hydrogen-bond acceptors (Lipinski definition) is 4. The molecule has 3 nitrogen and oxygen atoms in total. The van der Waals surface area contributed by atoms with E-state index < -0.39 is 0 Å². The summed E-state index contributed by atoms with van der Waals surface area (Å²) in [4.78, 5) is 6.82. The number of pyridine rings is 1.